The lowest BCUT2D eigenvalue weighted by Gasteiger charge is -2.24. The van der Waals surface area contributed by atoms with Crippen LogP contribution in [0.5, 0.6) is 0 Å². The van der Waals surface area contributed by atoms with Crippen LogP contribution >= 0.6 is 0 Å². The van der Waals surface area contributed by atoms with Gasteiger partial charge in [0.15, 0.2) is 0 Å². The van der Waals surface area contributed by atoms with Crippen molar-refractivity contribution in [2.75, 3.05) is 0 Å². The van der Waals surface area contributed by atoms with Crippen LogP contribution in [-0.4, -0.2) is 37.1 Å². The zero-order valence-electron chi connectivity index (χ0n) is 11.0. The molecule has 1 aromatic heterocycles. The Hall–Kier alpha value is -1.44. The van der Waals surface area contributed by atoms with Crippen molar-refractivity contribution >= 4 is 0 Å². The van der Waals surface area contributed by atoms with Crippen LogP contribution in [-0.2, 0) is 4.74 Å². The van der Waals surface area contributed by atoms with Crippen molar-refractivity contribution in [2.24, 2.45) is 5.92 Å². The highest BCUT2D eigenvalue weighted by Gasteiger charge is 2.75. The average Bonchev–Trinajstić information content (AvgIpc) is 2.76. The van der Waals surface area contributed by atoms with E-state index in [-0.39, 0.29) is 12.3 Å². The maximum absolute atomic E-state index is 11.9. The number of H-pyrrole nitrogens is 1. The fourth-order valence-corrected chi connectivity index (χ4v) is 3.81. The SMILES string of the molecule is Cc1cn([C@H]2C[C@@]3(O)C[C@H]4C[C@]4(O)[C@H]3O2)c(=O)[nH]c1=O. The van der Waals surface area contributed by atoms with Gasteiger partial charge in [-0.1, -0.05) is 0 Å². The number of hydrogen-bond donors (Lipinski definition) is 3. The monoisotopic (exact) mass is 280 g/mol. The standard InChI is InChI=1S/C13H16N2O5/c1-6-5-15(11(17)14-9(6)16)8-4-12(18)2-7-3-13(7,19)10(12)20-8/h5,7-8,10,18-19H,2-4H2,1H3,(H,14,16,17)/t7-,8+,10-,12-,13+/m0/s1. The van der Waals surface area contributed by atoms with E-state index in [1.165, 1.54) is 10.8 Å². The van der Waals surface area contributed by atoms with Crippen LogP contribution in [0, 0.1) is 12.8 Å². The van der Waals surface area contributed by atoms with E-state index in [4.69, 9.17) is 4.74 Å². The van der Waals surface area contributed by atoms with Crippen molar-refractivity contribution < 1.29 is 14.9 Å². The fraction of sp³-hybridized carbons (Fsp3) is 0.692. The van der Waals surface area contributed by atoms with Crippen LogP contribution in [0.1, 0.15) is 31.1 Å². The Morgan fingerprint density at radius 1 is 1.35 bits per heavy atom. The van der Waals surface area contributed by atoms with Gasteiger partial charge in [0, 0.05) is 18.2 Å². The van der Waals surface area contributed by atoms with Gasteiger partial charge in [-0.2, -0.15) is 0 Å². The zero-order valence-corrected chi connectivity index (χ0v) is 11.0. The van der Waals surface area contributed by atoms with Crippen LogP contribution in [0.15, 0.2) is 15.8 Å². The van der Waals surface area contributed by atoms with Gasteiger partial charge in [0.2, 0.25) is 0 Å². The predicted octanol–water partition coefficient (Wildman–Crippen LogP) is -0.982. The van der Waals surface area contributed by atoms with Gasteiger partial charge < -0.3 is 14.9 Å². The number of nitrogens with one attached hydrogen (secondary N) is 1. The summed E-state index contributed by atoms with van der Waals surface area (Å²) in [5.74, 6) is 0.104. The molecule has 2 heterocycles. The molecule has 0 bridgehead atoms. The molecule has 5 atom stereocenters. The normalized spacial score (nSPS) is 45.2. The number of rotatable bonds is 1. The summed E-state index contributed by atoms with van der Waals surface area (Å²) < 4.78 is 7.03. The van der Waals surface area contributed by atoms with Gasteiger partial charge in [-0.15, -0.1) is 0 Å². The van der Waals surface area contributed by atoms with Gasteiger partial charge in [0.1, 0.15) is 12.3 Å². The zero-order chi connectivity index (χ0) is 14.3. The molecule has 3 aliphatic rings. The predicted molar refractivity (Wildman–Crippen MR) is 67.2 cm³/mol. The number of aromatic amines is 1. The second-order valence-electron chi connectivity index (χ2n) is 6.35. The highest BCUT2D eigenvalue weighted by Crippen LogP contribution is 2.65. The lowest BCUT2D eigenvalue weighted by atomic mass is 9.92. The molecule has 7 nitrogen and oxygen atoms in total. The van der Waals surface area contributed by atoms with Crippen LogP contribution in [0.4, 0.5) is 0 Å². The quantitative estimate of drug-likeness (QED) is 0.613. The summed E-state index contributed by atoms with van der Waals surface area (Å²) in [5.41, 5.74) is -2.60. The van der Waals surface area contributed by atoms with E-state index in [1.54, 1.807) is 6.92 Å². The number of aromatic nitrogens is 2. The molecule has 1 saturated heterocycles. The Labute approximate surface area is 113 Å². The summed E-state index contributed by atoms with van der Waals surface area (Å²) in [5, 5.41) is 20.9. The average molecular weight is 280 g/mol. The first-order valence-corrected chi connectivity index (χ1v) is 6.76. The molecule has 2 aliphatic carbocycles. The third-order valence-electron chi connectivity index (χ3n) is 4.94. The summed E-state index contributed by atoms with van der Waals surface area (Å²) in [7, 11) is 0. The molecular formula is C13H16N2O5. The third kappa shape index (κ3) is 1.40. The minimum absolute atomic E-state index is 0.104. The van der Waals surface area contributed by atoms with Gasteiger partial charge in [-0.25, -0.2) is 4.79 Å². The molecule has 1 aliphatic heterocycles. The smallest absolute Gasteiger partial charge is 0.330 e. The lowest BCUT2D eigenvalue weighted by Crippen LogP contribution is -2.41. The number of hydrogen-bond acceptors (Lipinski definition) is 5. The highest BCUT2D eigenvalue weighted by atomic mass is 16.6. The number of ether oxygens (including phenoxy) is 1. The van der Waals surface area contributed by atoms with Crippen molar-refractivity contribution in [1.29, 1.82) is 0 Å². The first-order chi connectivity index (χ1) is 9.33. The van der Waals surface area contributed by atoms with Gasteiger partial charge in [-0.3, -0.25) is 14.3 Å². The van der Waals surface area contributed by atoms with Crippen molar-refractivity contribution in [2.45, 2.75) is 49.7 Å². The number of nitrogens with zero attached hydrogens (tertiary/aromatic N) is 1. The maximum Gasteiger partial charge on any atom is 0.330 e. The van der Waals surface area contributed by atoms with E-state index in [2.05, 4.69) is 4.98 Å². The maximum atomic E-state index is 11.9. The van der Waals surface area contributed by atoms with Gasteiger partial charge >= 0.3 is 5.69 Å². The number of aliphatic hydroxyl groups is 2. The molecule has 4 rings (SSSR count). The molecule has 20 heavy (non-hydrogen) atoms. The first kappa shape index (κ1) is 12.3. The molecular weight excluding hydrogens is 264 g/mol. The lowest BCUT2D eigenvalue weighted by molar-refractivity contribution is -0.108. The van der Waals surface area contributed by atoms with Crippen LogP contribution < -0.4 is 11.2 Å². The minimum Gasteiger partial charge on any atom is -0.387 e. The molecule has 0 spiro atoms. The second-order valence-corrected chi connectivity index (χ2v) is 6.35. The molecule has 7 heteroatoms. The van der Waals surface area contributed by atoms with E-state index in [1.807, 2.05) is 0 Å². The molecule has 0 aromatic carbocycles. The first-order valence-electron chi connectivity index (χ1n) is 6.76. The topological polar surface area (TPSA) is 105 Å². The highest BCUT2D eigenvalue weighted by molar-refractivity contribution is 5.25. The van der Waals surface area contributed by atoms with Crippen LogP contribution in [0.3, 0.4) is 0 Å². The number of aryl methyl sites for hydroxylation is 1. The van der Waals surface area contributed by atoms with Crippen molar-refractivity contribution in [1.82, 2.24) is 9.55 Å². The Kier molecular flexibility index (Phi) is 2.10. The van der Waals surface area contributed by atoms with E-state index < -0.39 is 34.8 Å². The Morgan fingerprint density at radius 2 is 2.10 bits per heavy atom. The summed E-state index contributed by atoms with van der Waals surface area (Å²) >= 11 is 0. The molecule has 108 valence electrons. The Bertz CT molecular complexity index is 709. The van der Waals surface area contributed by atoms with E-state index in [0.717, 1.165) is 0 Å². The van der Waals surface area contributed by atoms with Gasteiger partial charge in [0.05, 0.1) is 11.2 Å². The van der Waals surface area contributed by atoms with Crippen LogP contribution in [0.25, 0.3) is 0 Å². The van der Waals surface area contributed by atoms with Gasteiger partial charge in [0.25, 0.3) is 5.56 Å². The number of fused-ring (bicyclic) bond motifs is 3. The van der Waals surface area contributed by atoms with Gasteiger partial charge in [-0.05, 0) is 25.7 Å². The van der Waals surface area contributed by atoms with E-state index in [9.17, 15) is 19.8 Å². The molecule has 3 N–H and O–H groups in total. The third-order valence-corrected chi connectivity index (χ3v) is 4.94. The minimum atomic E-state index is -1.08. The largest absolute Gasteiger partial charge is 0.387 e. The van der Waals surface area contributed by atoms with E-state index in [0.29, 0.717) is 18.4 Å². The molecule has 2 saturated carbocycles. The molecule has 0 unspecified atom stereocenters. The van der Waals surface area contributed by atoms with E-state index >= 15 is 0 Å². The molecule has 0 radical (unpaired) electrons. The Balaban J connectivity index is 1.71. The molecule has 3 fully saturated rings. The molecule has 0 amide bonds. The summed E-state index contributed by atoms with van der Waals surface area (Å²) in [4.78, 5) is 25.5. The Morgan fingerprint density at radius 3 is 2.80 bits per heavy atom. The van der Waals surface area contributed by atoms with Crippen molar-refractivity contribution in [3.63, 3.8) is 0 Å². The van der Waals surface area contributed by atoms with Crippen molar-refractivity contribution in [3.05, 3.63) is 32.6 Å². The van der Waals surface area contributed by atoms with Crippen molar-refractivity contribution in [3.8, 4) is 0 Å². The summed E-state index contributed by atoms with van der Waals surface area (Å²) in [6.07, 6.45) is 1.53. The molecule has 1 aromatic rings. The summed E-state index contributed by atoms with van der Waals surface area (Å²) in [6, 6.07) is 0. The fourth-order valence-electron chi connectivity index (χ4n) is 3.81. The second kappa shape index (κ2) is 3.41. The summed E-state index contributed by atoms with van der Waals surface area (Å²) in [6.45, 7) is 1.60. The van der Waals surface area contributed by atoms with Crippen LogP contribution in [0.2, 0.25) is 0 Å².